The second-order valence-electron chi connectivity index (χ2n) is 8.28. The van der Waals surface area contributed by atoms with E-state index >= 15 is 0 Å². The molecule has 0 bridgehead atoms. The molecular weight excluding hydrogens is 480 g/mol. The van der Waals surface area contributed by atoms with Crippen LogP contribution in [-0.2, 0) is 13.1 Å². The summed E-state index contributed by atoms with van der Waals surface area (Å²) in [5.41, 5.74) is 17.8. The SMILES string of the molecule is Nc1ccc(/C=C/c2cccc[n+]2CCSSCC[n+]2ccccc2/C=C/c2ccc(N)cc2)cc1. The van der Waals surface area contributed by atoms with E-state index in [0.717, 1.165) is 47.1 Å². The molecule has 4 aromatic rings. The zero-order valence-electron chi connectivity index (χ0n) is 20.2. The number of pyridine rings is 2. The number of nitrogens with two attached hydrogens (primary N) is 2. The molecule has 2 heterocycles. The molecule has 2 aromatic carbocycles. The summed E-state index contributed by atoms with van der Waals surface area (Å²) in [7, 11) is 3.85. The van der Waals surface area contributed by atoms with Crippen molar-refractivity contribution < 1.29 is 9.13 Å². The van der Waals surface area contributed by atoms with Crippen LogP contribution in [-0.4, -0.2) is 11.5 Å². The number of anilines is 2. The van der Waals surface area contributed by atoms with Crippen LogP contribution in [0.2, 0.25) is 0 Å². The predicted octanol–water partition coefficient (Wildman–Crippen LogP) is 5.85. The highest BCUT2D eigenvalue weighted by molar-refractivity contribution is 8.76. The number of nitrogens with zero attached hydrogens (tertiary/aromatic N) is 2. The maximum Gasteiger partial charge on any atom is 0.205 e. The highest BCUT2D eigenvalue weighted by Crippen LogP contribution is 2.20. The van der Waals surface area contributed by atoms with E-state index in [1.807, 2.05) is 70.1 Å². The molecular formula is C30H32N4S2+2. The molecule has 2 aromatic heterocycles. The summed E-state index contributed by atoms with van der Waals surface area (Å²) >= 11 is 0. The van der Waals surface area contributed by atoms with Crippen molar-refractivity contribution in [1.82, 2.24) is 0 Å². The van der Waals surface area contributed by atoms with Crippen LogP contribution in [0, 0.1) is 0 Å². The summed E-state index contributed by atoms with van der Waals surface area (Å²) in [6.45, 7) is 1.93. The van der Waals surface area contributed by atoms with Crippen molar-refractivity contribution in [2.75, 3.05) is 23.0 Å². The third-order valence-electron chi connectivity index (χ3n) is 5.63. The molecule has 0 unspecified atom stereocenters. The molecule has 0 aliphatic heterocycles. The largest absolute Gasteiger partial charge is 0.399 e. The summed E-state index contributed by atoms with van der Waals surface area (Å²) in [6, 6.07) is 28.5. The van der Waals surface area contributed by atoms with Crippen molar-refractivity contribution in [2.24, 2.45) is 0 Å². The van der Waals surface area contributed by atoms with Gasteiger partial charge in [0.1, 0.15) is 0 Å². The first-order valence-electron chi connectivity index (χ1n) is 12.0. The van der Waals surface area contributed by atoms with Gasteiger partial charge in [0.2, 0.25) is 11.4 Å². The molecule has 0 saturated carbocycles. The molecule has 0 spiro atoms. The van der Waals surface area contributed by atoms with Crippen LogP contribution in [0.4, 0.5) is 11.4 Å². The van der Waals surface area contributed by atoms with Gasteiger partial charge in [0.15, 0.2) is 25.5 Å². The Bertz CT molecular complexity index is 1200. The molecule has 0 aliphatic carbocycles. The van der Waals surface area contributed by atoms with Gasteiger partial charge in [-0.25, -0.2) is 0 Å². The van der Waals surface area contributed by atoms with E-state index in [9.17, 15) is 0 Å². The number of hydrogen-bond acceptors (Lipinski definition) is 4. The van der Waals surface area contributed by atoms with E-state index in [-0.39, 0.29) is 0 Å². The maximum absolute atomic E-state index is 5.79. The smallest absolute Gasteiger partial charge is 0.205 e. The third kappa shape index (κ3) is 8.04. The Balaban J connectivity index is 1.24. The van der Waals surface area contributed by atoms with Crippen molar-refractivity contribution in [3.8, 4) is 0 Å². The summed E-state index contributed by atoms with van der Waals surface area (Å²) in [6.07, 6.45) is 12.9. The topological polar surface area (TPSA) is 59.8 Å². The quantitative estimate of drug-likeness (QED) is 0.115. The highest BCUT2D eigenvalue weighted by Gasteiger charge is 2.09. The molecule has 0 radical (unpaired) electrons. The minimum Gasteiger partial charge on any atom is -0.399 e. The van der Waals surface area contributed by atoms with Crippen LogP contribution in [0.15, 0.2) is 97.3 Å². The lowest BCUT2D eigenvalue weighted by Crippen LogP contribution is -2.38. The highest BCUT2D eigenvalue weighted by atomic mass is 33.1. The van der Waals surface area contributed by atoms with Gasteiger partial charge in [-0.1, -0.05) is 45.9 Å². The Morgan fingerprint density at radius 2 is 0.944 bits per heavy atom. The number of hydrogen-bond donors (Lipinski definition) is 2. The van der Waals surface area contributed by atoms with Crippen LogP contribution in [0.5, 0.6) is 0 Å². The van der Waals surface area contributed by atoms with E-state index in [1.165, 1.54) is 11.4 Å². The minimum absolute atomic E-state index is 0.785. The molecule has 4 N–H and O–H groups in total. The van der Waals surface area contributed by atoms with Crippen molar-refractivity contribution >= 4 is 57.3 Å². The summed E-state index contributed by atoms with van der Waals surface area (Å²) in [4.78, 5) is 0. The van der Waals surface area contributed by atoms with Crippen LogP contribution < -0.4 is 20.6 Å². The minimum atomic E-state index is 0.785. The lowest BCUT2D eigenvalue weighted by molar-refractivity contribution is -0.694. The van der Waals surface area contributed by atoms with Crippen molar-refractivity contribution in [3.05, 3.63) is 120 Å². The van der Waals surface area contributed by atoms with Gasteiger partial charge in [-0.3, -0.25) is 0 Å². The normalized spacial score (nSPS) is 11.4. The fourth-order valence-corrected chi connectivity index (χ4v) is 5.59. The summed E-state index contributed by atoms with van der Waals surface area (Å²) in [5, 5.41) is 0. The maximum atomic E-state index is 5.79. The fraction of sp³-hybridized carbons (Fsp3) is 0.133. The molecule has 0 saturated heterocycles. The third-order valence-corrected chi connectivity index (χ3v) is 8.00. The number of aromatic nitrogens is 2. The molecule has 0 fully saturated rings. The Labute approximate surface area is 221 Å². The van der Waals surface area contributed by atoms with Crippen LogP contribution >= 0.6 is 21.6 Å². The average molecular weight is 513 g/mol. The van der Waals surface area contributed by atoms with Crippen LogP contribution in [0.25, 0.3) is 24.3 Å². The average Bonchev–Trinajstić information content (AvgIpc) is 2.91. The number of rotatable bonds is 11. The molecule has 6 heteroatoms. The van der Waals surface area contributed by atoms with E-state index in [4.69, 9.17) is 11.5 Å². The number of benzene rings is 2. The van der Waals surface area contributed by atoms with Gasteiger partial charge in [-0.05, 0) is 59.7 Å². The Kier molecular flexibility index (Phi) is 9.65. The van der Waals surface area contributed by atoms with Crippen molar-refractivity contribution in [2.45, 2.75) is 13.1 Å². The molecule has 0 amide bonds. The van der Waals surface area contributed by atoms with E-state index in [1.54, 1.807) is 0 Å². The van der Waals surface area contributed by atoms with Gasteiger partial charge in [0, 0.05) is 47.8 Å². The first-order valence-corrected chi connectivity index (χ1v) is 14.4. The summed E-state index contributed by atoms with van der Waals surface area (Å²) in [5.74, 6) is 2.09. The predicted molar refractivity (Wildman–Crippen MR) is 158 cm³/mol. The van der Waals surface area contributed by atoms with Gasteiger partial charge in [-0.15, -0.1) is 0 Å². The van der Waals surface area contributed by atoms with Gasteiger partial charge < -0.3 is 11.5 Å². The fourth-order valence-electron chi connectivity index (χ4n) is 3.66. The molecule has 36 heavy (non-hydrogen) atoms. The molecule has 182 valence electrons. The van der Waals surface area contributed by atoms with Crippen LogP contribution in [0.3, 0.4) is 0 Å². The Hall–Kier alpha value is -3.48. The van der Waals surface area contributed by atoms with E-state index < -0.39 is 0 Å². The lowest BCUT2D eigenvalue weighted by atomic mass is 10.2. The van der Waals surface area contributed by atoms with Gasteiger partial charge in [0.25, 0.3) is 0 Å². The first kappa shape index (κ1) is 25.6. The molecule has 4 rings (SSSR count). The second kappa shape index (κ2) is 13.6. The van der Waals surface area contributed by atoms with Crippen molar-refractivity contribution in [3.63, 3.8) is 0 Å². The standard InChI is InChI=1S/C30H30N4S2/c31-27-13-7-25(8-14-27)11-17-29-5-1-3-19-33(29)21-23-35-36-24-22-34-20-4-2-6-30(34)18-12-26-9-15-28(32)16-10-26/h1-20,31-32H,21-24H2/p+2. The van der Waals surface area contributed by atoms with E-state index in [0.29, 0.717) is 0 Å². The number of nitrogen functional groups attached to an aromatic ring is 2. The monoisotopic (exact) mass is 512 g/mol. The molecule has 4 nitrogen and oxygen atoms in total. The lowest BCUT2D eigenvalue weighted by Gasteiger charge is -2.02. The van der Waals surface area contributed by atoms with E-state index in [2.05, 4.69) is 82.2 Å². The van der Waals surface area contributed by atoms with Gasteiger partial charge in [-0.2, -0.15) is 9.13 Å². The Morgan fingerprint density at radius 3 is 1.36 bits per heavy atom. The van der Waals surface area contributed by atoms with Gasteiger partial charge >= 0.3 is 0 Å². The van der Waals surface area contributed by atoms with Gasteiger partial charge in [0.05, 0.1) is 11.5 Å². The Morgan fingerprint density at radius 1 is 0.528 bits per heavy atom. The first-order chi connectivity index (χ1) is 17.7. The second-order valence-corrected chi connectivity index (χ2v) is 11.0. The molecule has 0 atom stereocenters. The number of aryl methyl sites for hydroxylation is 2. The van der Waals surface area contributed by atoms with Crippen LogP contribution in [0.1, 0.15) is 22.5 Å². The zero-order valence-corrected chi connectivity index (χ0v) is 21.9. The molecule has 0 aliphatic rings. The van der Waals surface area contributed by atoms with Crippen molar-refractivity contribution in [1.29, 1.82) is 0 Å². The summed E-state index contributed by atoms with van der Waals surface area (Å²) < 4.78 is 4.60. The zero-order chi connectivity index (χ0) is 25.0.